The standard InChI is InChI=1S/C24H27N5O3/c1-17-8-6-7-11-20(17)23(31)25-16-21(30)29-14-12-28(13-15-29)18(2)24-26-22(27-32-24)19-9-4-3-5-10-19/h3-11,18H,12-16H2,1-2H3,(H,25,31). The molecule has 0 radical (unpaired) electrons. The van der Waals surface area contributed by atoms with Crippen molar-refractivity contribution >= 4 is 11.8 Å². The van der Waals surface area contributed by atoms with Crippen molar-refractivity contribution in [1.29, 1.82) is 0 Å². The SMILES string of the molecule is Cc1ccccc1C(=O)NCC(=O)N1CCN(C(C)c2nc(-c3ccccc3)no2)CC1. The lowest BCUT2D eigenvalue weighted by Gasteiger charge is -2.36. The number of carbonyl (C=O) groups is 2. The van der Waals surface area contributed by atoms with E-state index in [9.17, 15) is 9.59 Å². The van der Waals surface area contributed by atoms with Crippen LogP contribution < -0.4 is 5.32 Å². The zero-order chi connectivity index (χ0) is 22.5. The first kappa shape index (κ1) is 21.7. The van der Waals surface area contributed by atoms with Gasteiger partial charge in [-0.3, -0.25) is 14.5 Å². The maximum absolute atomic E-state index is 12.6. The highest BCUT2D eigenvalue weighted by molar-refractivity contribution is 5.97. The van der Waals surface area contributed by atoms with Gasteiger partial charge in [-0.15, -0.1) is 0 Å². The minimum atomic E-state index is -0.227. The number of hydrogen-bond acceptors (Lipinski definition) is 6. The van der Waals surface area contributed by atoms with Gasteiger partial charge in [0.2, 0.25) is 17.6 Å². The Labute approximate surface area is 187 Å². The number of benzene rings is 2. The third-order valence-corrected chi connectivity index (χ3v) is 5.84. The van der Waals surface area contributed by atoms with Crippen molar-refractivity contribution in [2.24, 2.45) is 0 Å². The molecule has 3 aromatic rings. The highest BCUT2D eigenvalue weighted by Crippen LogP contribution is 2.23. The number of piperazine rings is 1. The quantitative estimate of drug-likeness (QED) is 0.643. The second-order valence-corrected chi connectivity index (χ2v) is 7.91. The lowest BCUT2D eigenvalue weighted by Crippen LogP contribution is -2.51. The molecule has 4 rings (SSSR count). The first-order chi connectivity index (χ1) is 15.5. The van der Waals surface area contributed by atoms with Crippen LogP contribution in [-0.4, -0.2) is 64.5 Å². The summed E-state index contributed by atoms with van der Waals surface area (Å²) in [6.45, 7) is 6.47. The van der Waals surface area contributed by atoms with E-state index >= 15 is 0 Å². The Morgan fingerprint density at radius 1 is 1.03 bits per heavy atom. The van der Waals surface area contributed by atoms with Crippen LogP contribution in [0.5, 0.6) is 0 Å². The third kappa shape index (κ3) is 4.86. The van der Waals surface area contributed by atoms with Crippen LogP contribution in [0.2, 0.25) is 0 Å². The summed E-state index contributed by atoms with van der Waals surface area (Å²) in [6, 6.07) is 17.0. The molecular formula is C24H27N5O3. The predicted octanol–water partition coefficient (Wildman–Crippen LogP) is 2.68. The molecule has 2 aromatic carbocycles. The van der Waals surface area contributed by atoms with Gasteiger partial charge in [0.25, 0.3) is 5.91 Å². The number of aromatic nitrogens is 2. The Morgan fingerprint density at radius 2 is 1.72 bits per heavy atom. The average molecular weight is 434 g/mol. The molecule has 1 N–H and O–H groups in total. The molecule has 166 valence electrons. The molecule has 1 aromatic heterocycles. The van der Waals surface area contributed by atoms with Crippen LogP contribution >= 0.6 is 0 Å². The Hall–Kier alpha value is -3.52. The number of hydrogen-bond donors (Lipinski definition) is 1. The van der Waals surface area contributed by atoms with E-state index in [0.717, 1.165) is 11.1 Å². The zero-order valence-electron chi connectivity index (χ0n) is 18.3. The van der Waals surface area contributed by atoms with E-state index in [2.05, 4.69) is 20.4 Å². The lowest BCUT2D eigenvalue weighted by atomic mass is 10.1. The molecular weight excluding hydrogens is 406 g/mol. The van der Waals surface area contributed by atoms with Gasteiger partial charge in [-0.1, -0.05) is 53.7 Å². The van der Waals surface area contributed by atoms with Crippen LogP contribution in [0.4, 0.5) is 0 Å². The molecule has 1 fully saturated rings. The molecule has 8 heteroatoms. The fraction of sp³-hybridized carbons (Fsp3) is 0.333. The van der Waals surface area contributed by atoms with E-state index < -0.39 is 0 Å². The number of aryl methyl sites for hydroxylation is 1. The van der Waals surface area contributed by atoms with E-state index in [1.807, 2.05) is 62.4 Å². The molecule has 1 aliphatic heterocycles. The van der Waals surface area contributed by atoms with E-state index in [1.165, 1.54) is 0 Å². The highest BCUT2D eigenvalue weighted by Gasteiger charge is 2.28. The molecule has 1 unspecified atom stereocenters. The maximum Gasteiger partial charge on any atom is 0.251 e. The molecule has 0 saturated carbocycles. The van der Waals surface area contributed by atoms with Crippen LogP contribution in [0.1, 0.15) is 34.8 Å². The highest BCUT2D eigenvalue weighted by atomic mass is 16.5. The van der Waals surface area contributed by atoms with Gasteiger partial charge in [0.1, 0.15) is 0 Å². The maximum atomic E-state index is 12.6. The summed E-state index contributed by atoms with van der Waals surface area (Å²) in [5.41, 5.74) is 2.39. The fourth-order valence-corrected chi connectivity index (χ4v) is 3.81. The van der Waals surface area contributed by atoms with Crippen molar-refractivity contribution in [2.75, 3.05) is 32.7 Å². The van der Waals surface area contributed by atoms with Crippen molar-refractivity contribution in [3.8, 4) is 11.4 Å². The molecule has 1 aliphatic rings. The van der Waals surface area contributed by atoms with E-state index in [0.29, 0.717) is 43.5 Å². The number of amides is 2. The first-order valence-corrected chi connectivity index (χ1v) is 10.8. The second kappa shape index (κ2) is 9.74. The second-order valence-electron chi connectivity index (χ2n) is 7.91. The van der Waals surface area contributed by atoms with Crippen molar-refractivity contribution in [3.63, 3.8) is 0 Å². The van der Waals surface area contributed by atoms with Gasteiger partial charge in [0.05, 0.1) is 12.6 Å². The van der Waals surface area contributed by atoms with E-state index in [4.69, 9.17) is 4.52 Å². The Bertz CT molecular complexity index is 1070. The summed E-state index contributed by atoms with van der Waals surface area (Å²) in [5.74, 6) is 0.831. The van der Waals surface area contributed by atoms with Gasteiger partial charge in [-0.25, -0.2) is 0 Å². The van der Waals surface area contributed by atoms with Crippen LogP contribution in [0.15, 0.2) is 59.1 Å². The van der Waals surface area contributed by atoms with Gasteiger partial charge in [-0.05, 0) is 25.5 Å². The summed E-state index contributed by atoms with van der Waals surface area (Å²) in [6.07, 6.45) is 0. The summed E-state index contributed by atoms with van der Waals surface area (Å²) >= 11 is 0. The summed E-state index contributed by atoms with van der Waals surface area (Å²) in [4.78, 5) is 33.5. The lowest BCUT2D eigenvalue weighted by molar-refractivity contribution is -0.132. The number of nitrogens with one attached hydrogen (secondary N) is 1. The molecule has 1 atom stereocenters. The first-order valence-electron chi connectivity index (χ1n) is 10.8. The fourth-order valence-electron chi connectivity index (χ4n) is 3.81. The Kier molecular flexibility index (Phi) is 6.61. The Morgan fingerprint density at radius 3 is 2.44 bits per heavy atom. The molecule has 32 heavy (non-hydrogen) atoms. The largest absolute Gasteiger partial charge is 0.343 e. The van der Waals surface area contributed by atoms with Crippen LogP contribution in [0.3, 0.4) is 0 Å². The van der Waals surface area contributed by atoms with Crippen LogP contribution in [-0.2, 0) is 4.79 Å². The number of carbonyl (C=O) groups excluding carboxylic acids is 2. The van der Waals surface area contributed by atoms with Gasteiger partial charge in [-0.2, -0.15) is 4.98 Å². The minimum Gasteiger partial charge on any atom is -0.343 e. The summed E-state index contributed by atoms with van der Waals surface area (Å²) in [5, 5.41) is 6.84. The zero-order valence-corrected chi connectivity index (χ0v) is 18.3. The topological polar surface area (TPSA) is 91.6 Å². The predicted molar refractivity (Wildman–Crippen MR) is 120 cm³/mol. The van der Waals surface area contributed by atoms with Crippen molar-refractivity contribution in [3.05, 3.63) is 71.6 Å². The average Bonchev–Trinajstić information content (AvgIpc) is 3.33. The smallest absolute Gasteiger partial charge is 0.251 e. The normalized spacial score (nSPS) is 15.4. The Balaban J connectivity index is 1.27. The number of nitrogens with zero attached hydrogens (tertiary/aromatic N) is 4. The molecule has 1 saturated heterocycles. The van der Waals surface area contributed by atoms with Crippen LogP contribution in [0.25, 0.3) is 11.4 Å². The monoisotopic (exact) mass is 433 g/mol. The molecule has 2 heterocycles. The van der Waals surface area contributed by atoms with Gasteiger partial charge in [0.15, 0.2) is 0 Å². The molecule has 2 amide bonds. The van der Waals surface area contributed by atoms with E-state index in [1.54, 1.807) is 11.0 Å². The van der Waals surface area contributed by atoms with Gasteiger partial charge >= 0.3 is 0 Å². The number of rotatable bonds is 6. The van der Waals surface area contributed by atoms with Crippen molar-refractivity contribution < 1.29 is 14.1 Å². The van der Waals surface area contributed by atoms with Crippen LogP contribution in [0, 0.1) is 6.92 Å². The summed E-state index contributed by atoms with van der Waals surface area (Å²) < 4.78 is 5.49. The summed E-state index contributed by atoms with van der Waals surface area (Å²) in [7, 11) is 0. The third-order valence-electron chi connectivity index (χ3n) is 5.84. The molecule has 0 aliphatic carbocycles. The molecule has 8 nitrogen and oxygen atoms in total. The van der Waals surface area contributed by atoms with Crippen molar-refractivity contribution in [2.45, 2.75) is 19.9 Å². The van der Waals surface area contributed by atoms with Gasteiger partial charge < -0.3 is 14.7 Å². The molecule has 0 bridgehead atoms. The van der Waals surface area contributed by atoms with Gasteiger partial charge in [0, 0.05) is 37.3 Å². The van der Waals surface area contributed by atoms with Crippen molar-refractivity contribution in [1.82, 2.24) is 25.3 Å². The van der Waals surface area contributed by atoms with E-state index in [-0.39, 0.29) is 24.4 Å². The minimum absolute atomic E-state index is 0.00713. The molecule has 0 spiro atoms.